The zero-order valence-corrected chi connectivity index (χ0v) is 16.8. The maximum Gasteiger partial charge on any atom is 0.353 e. The second-order valence-corrected chi connectivity index (χ2v) is 7.09. The molecule has 2 heterocycles. The van der Waals surface area contributed by atoms with Crippen LogP contribution in [-0.4, -0.2) is 19.9 Å². The first-order valence-electron chi connectivity index (χ1n) is 8.67. The summed E-state index contributed by atoms with van der Waals surface area (Å²) in [6, 6.07) is 16.8. The van der Waals surface area contributed by atoms with Crippen LogP contribution in [0.3, 0.4) is 0 Å². The lowest BCUT2D eigenvalue weighted by atomic mass is 10.1. The first kappa shape index (κ1) is 18.8. The average Bonchev–Trinajstić information content (AvgIpc) is 2.70. The zero-order chi connectivity index (χ0) is 20.4. The summed E-state index contributed by atoms with van der Waals surface area (Å²) in [6.07, 6.45) is 1.28. The first-order valence-corrected chi connectivity index (χ1v) is 9.46. The van der Waals surface area contributed by atoms with Crippen LogP contribution in [-0.2, 0) is 0 Å². The number of nitro groups is 1. The van der Waals surface area contributed by atoms with Crippen molar-refractivity contribution in [2.75, 3.05) is 10.6 Å². The van der Waals surface area contributed by atoms with Gasteiger partial charge in [-0.2, -0.15) is 0 Å². The number of hydrogen-bond acceptors (Lipinski definition) is 7. The number of halogens is 1. The molecule has 9 heteroatoms. The van der Waals surface area contributed by atoms with Crippen molar-refractivity contribution < 1.29 is 4.92 Å². The molecule has 0 bridgehead atoms. The fourth-order valence-corrected chi connectivity index (χ4v) is 3.28. The Hall–Kier alpha value is -3.59. The summed E-state index contributed by atoms with van der Waals surface area (Å²) >= 11 is 3.42. The van der Waals surface area contributed by atoms with Crippen LogP contribution >= 0.6 is 15.9 Å². The third-order valence-electron chi connectivity index (χ3n) is 4.24. The quantitative estimate of drug-likeness (QED) is 0.305. The van der Waals surface area contributed by atoms with Crippen LogP contribution in [0.1, 0.15) is 5.69 Å². The second-order valence-electron chi connectivity index (χ2n) is 6.24. The van der Waals surface area contributed by atoms with Crippen molar-refractivity contribution in [2.24, 2.45) is 0 Å². The predicted molar refractivity (Wildman–Crippen MR) is 116 cm³/mol. The van der Waals surface area contributed by atoms with Gasteiger partial charge in [0.05, 0.1) is 21.8 Å². The Balaban J connectivity index is 1.78. The molecule has 4 aromatic rings. The van der Waals surface area contributed by atoms with E-state index in [2.05, 4.69) is 41.5 Å². The van der Waals surface area contributed by atoms with Gasteiger partial charge in [0.25, 0.3) is 0 Å². The van der Waals surface area contributed by atoms with Crippen LogP contribution in [0.4, 0.5) is 28.7 Å². The molecule has 0 aliphatic rings. The Labute approximate surface area is 174 Å². The third kappa shape index (κ3) is 3.85. The van der Waals surface area contributed by atoms with E-state index in [0.29, 0.717) is 16.9 Å². The first-order chi connectivity index (χ1) is 14.0. The molecule has 4 rings (SSSR count). The van der Waals surface area contributed by atoms with E-state index in [9.17, 15) is 10.1 Å². The maximum absolute atomic E-state index is 11.8. The largest absolute Gasteiger partial charge is 0.353 e. The minimum absolute atomic E-state index is 0.0790. The molecule has 0 aliphatic carbocycles. The second kappa shape index (κ2) is 7.80. The van der Waals surface area contributed by atoms with Gasteiger partial charge < -0.3 is 10.6 Å². The molecule has 0 spiro atoms. The molecule has 144 valence electrons. The summed E-state index contributed by atoms with van der Waals surface area (Å²) in [5.41, 5.74) is 2.58. The van der Waals surface area contributed by atoms with Gasteiger partial charge in [-0.25, -0.2) is 9.97 Å². The molecule has 2 N–H and O–H groups in total. The summed E-state index contributed by atoms with van der Waals surface area (Å²) < 4.78 is 0.760. The van der Waals surface area contributed by atoms with Crippen molar-refractivity contribution in [1.82, 2.24) is 15.0 Å². The molecule has 0 unspecified atom stereocenters. The van der Waals surface area contributed by atoms with E-state index >= 15 is 0 Å². The van der Waals surface area contributed by atoms with Gasteiger partial charge in [0.15, 0.2) is 0 Å². The van der Waals surface area contributed by atoms with Gasteiger partial charge in [-0.3, -0.25) is 15.1 Å². The summed E-state index contributed by atoms with van der Waals surface area (Å²) in [7, 11) is 0. The molecule has 0 fully saturated rings. The Bertz CT molecular complexity index is 1230. The van der Waals surface area contributed by atoms with E-state index in [4.69, 9.17) is 0 Å². The standard InChI is InChI=1S/C20H15BrN6O2/c1-12-9-10-13-5-4-8-16(17(13)24-12)26-20-18(27(28)29)19(22-11-23-20)25-15-7-3-2-6-14(15)21/h2-11H,1H3,(H2,22,23,25,26). The normalized spacial score (nSPS) is 10.7. The number of pyridine rings is 1. The topological polar surface area (TPSA) is 106 Å². The van der Waals surface area contributed by atoms with Crippen LogP contribution in [0.5, 0.6) is 0 Å². The van der Waals surface area contributed by atoms with Crippen molar-refractivity contribution in [1.29, 1.82) is 0 Å². The van der Waals surface area contributed by atoms with Gasteiger partial charge in [0.2, 0.25) is 11.6 Å². The van der Waals surface area contributed by atoms with E-state index < -0.39 is 4.92 Å². The van der Waals surface area contributed by atoms with Crippen LogP contribution in [0, 0.1) is 17.0 Å². The number of hydrogen-bond donors (Lipinski definition) is 2. The van der Waals surface area contributed by atoms with Crippen molar-refractivity contribution >= 4 is 55.5 Å². The van der Waals surface area contributed by atoms with Gasteiger partial charge in [0, 0.05) is 15.6 Å². The van der Waals surface area contributed by atoms with Crippen molar-refractivity contribution in [3.63, 3.8) is 0 Å². The van der Waals surface area contributed by atoms with Crippen LogP contribution in [0.25, 0.3) is 10.9 Å². The van der Waals surface area contributed by atoms with E-state index in [-0.39, 0.29) is 17.3 Å². The third-order valence-corrected chi connectivity index (χ3v) is 4.94. The molecule has 0 saturated heterocycles. The zero-order valence-electron chi connectivity index (χ0n) is 15.3. The van der Waals surface area contributed by atoms with Crippen LogP contribution in [0.15, 0.2) is 65.4 Å². The smallest absolute Gasteiger partial charge is 0.333 e. The van der Waals surface area contributed by atoms with Crippen molar-refractivity contribution in [2.45, 2.75) is 6.92 Å². The lowest BCUT2D eigenvalue weighted by Gasteiger charge is -2.12. The van der Waals surface area contributed by atoms with E-state index in [1.165, 1.54) is 6.33 Å². The van der Waals surface area contributed by atoms with Gasteiger partial charge in [-0.05, 0) is 47.1 Å². The minimum Gasteiger partial charge on any atom is -0.333 e. The monoisotopic (exact) mass is 450 g/mol. The Morgan fingerprint density at radius 3 is 2.34 bits per heavy atom. The van der Waals surface area contributed by atoms with E-state index in [1.807, 2.05) is 55.5 Å². The Morgan fingerprint density at radius 1 is 0.931 bits per heavy atom. The van der Waals surface area contributed by atoms with Gasteiger partial charge in [0.1, 0.15) is 6.33 Å². The Kier molecular flexibility index (Phi) is 5.05. The molecule has 0 amide bonds. The van der Waals surface area contributed by atoms with E-state index in [1.54, 1.807) is 6.07 Å². The number of aromatic nitrogens is 3. The fourth-order valence-electron chi connectivity index (χ4n) is 2.90. The number of nitrogens with zero attached hydrogens (tertiary/aromatic N) is 4. The molecule has 8 nitrogen and oxygen atoms in total. The highest BCUT2D eigenvalue weighted by Gasteiger charge is 2.24. The molecular weight excluding hydrogens is 436 g/mol. The number of anilines is 4. The molecule has 2 aromatic carbocycles. The number of benzene rings is 2. The van der Waals surface area contributed by atoms with Crippen molar-refractivity contribution in [3.8, 4) is 0 Å². The Morgan fingerprint density at radius 2 is 1.62 bits per heavy atom. The van der Waals surface area contributed by atoms with Gasteiger partial charge >= 0.3 is 5.69 Å². The highest BCUT2D eigenvalue weighted by Crippen LogP contribution is 2.35. The summed E-state index contributed by atoms with van der Waals surface area (Å²) in [6.45, 7) is 1.89. The number of para-hydroxylation sites is 2. The molecular formula is C20H15BrN6O2. The molecule has 0 radical (unpaired) electrons. The fraction of sp³-hybridized carbons (Fsp3) is 0.0500. The summed E-state index contributed by atoms with van der Waals surface area (Å²) in [4.78, 5) is 24.1. The minimum atomic E-state index is -0.509. The van der Waals surface area contributed by atoms with E-state index in [0.717, 1.165) is 15.6 Å². The number of nitrogens with one attached hydrogen (secondary N) is 2. The summed E-state index contributed by atoms with van der Waals surface area (Å²) in [5, 5.41) is 18.8. The highest BCUT2D eigenvalue weighted by atomic mass is 79.9. The number of aryl methyl sites for hydroxylation is 1. The van der Waals surface area contributed by atoms with Crippen molar-refractivity contribution in [3.05, 3.63) is 81.2 Å². The average molecular weight is 451 g/mol. The maximum atomic E-state index is 11.8. The van der Waals surface area contributed by atoms with Gasteiger partial charge in [-0.15, -0.1) is 0 Å². The van der Waals surface area contributed by atoms with Crippen LogP contribution < -0.4 is 10.6 Å². The predicted octanol–water partition coefficient (Wildman–Crippen LogP) is 5.49. The lowest BCUT2D eigenvalue weighted by molar-refractivity contribution is -0.383. The number of rotatable bonds is 5. The van der Waals surface area contributed by atoms with Crippen LogP contribution in [0.2, 0.25) is 0 Å². The SMILES string of the molecule is Cc1ccc2cccc(Nc3ncnc(Nc4ccccc4Br)c3[N+](=O)[O-])c2n1. The molecule has 29 heavy (non-hydrogen) atoms. The van der Waals surface area contributed by atoms with Gasteiger partial charge in [-0.1, -0.05) is 30.3 Å². The lowest BCUT2D eigenvalue weighted by Crippen LogP contribution is -2.06. The molecule has 0 saturated carbocycles. The molecule has 2 aromatic heterocycles. The number of fused-ring (bicyclic) bond motifs is 1. The molecule has 0 aliphatic heterocycles. The molecule has 0 atom stereocenters. The summed E-state index contributed by atoms with van der Waals surface area (Å²) in [5.74, 6) is 0.166. The highest BCUT2D eigenvalue weighted by molar-refractivity contribution is 9.10.